The summed E-state index contributed by atoms with van der Waals surface area (Å²) in [7, 11) is 3.61. The summed E-state index contributed by atoms with van der Waals surface area (Å²) in [5.74, 6) is 6.09. The molecule has 0 saturated heterocycles. The number of carbonyl (C=O) groups is 2. The van der Waals surface area contributed by atoms with Gasteiger partial charge in [-0.1, -0.05) is 77.2 Å². The number of carbonyl (C=O) groups excluding carboxylic acids is 2. The van der Waals surface area contributed by atoms with E-state index in [1.807, 2.05) is 31.2 Å². The minimum atomic E-state index is -0.556. The first-order valence-electron chi connectivity index (χ1n) is 15.3. The predicted octanol–water partition coefficient (Wildman–Crippen LogP) is 6.34. The van der Waals surface area contributed by atoms with Gasteiger partial charge in [0.25, 0.3) is 0 Å². The molecule has 1 aliphatic heterocycles. The summed E-state index contributed by atoms with van der Waals surface area (Å²) >= 11 is 1.59. The van der Waals surface area contributed by atoms with Gasteiger partial charge in [0.1, 0.15) is 11.0 Å². The van der Waals surface area contributed by atoms with Crippen LogP contribution in [0.3, 0.4) is 0 Å². The van der Waals surface area contributed by atoms with E-state index in [1.165, 1.54) is 19.3 Å². The van der Waals surface area contributed by atoms with Crippen LogP contribution in [0.2, 0.25) is 0 Å². The van der Waals surface area contributed by atoms with Gasteiger partial charge in [0.05, 0.1) is 23.8 Å². The largest absolute Gasteiger partial charge is 0.343 e. The van der Waals surface area contributed by atoms with Crippen molar-refractivity contribution >= 4 is 34.9 Å². The summed E-state index contributed by atoms with van der Waals surface area (Å²) in [6.45, 7) is 11.9. The second-order valence-electron chi connectivity index (χ2n) is 10.9. The third-order valence-electron chi connectivity index (χ3n) is 7.85. The van der Waals surface area contributed by atoms with Crippen LogP contribution in [0.4, 0.5) is 0 Å². The number of hydrogen-bond acceptors (Lipinski definition) is 6. The predicted molar refractivity (Wildman–Crippen MR) is 173 cm³/mol. The lowest BCUT2D eigenvalue weighted by Crippen LogP contribution is -2.52. The molecule has 2 heterocycles. The van der Waals surface area contributed by atoms with Crippen LogP contribution in [0, 0.1) is 17.8 Å². The summed E-state index contributed by atoms with van der Waals surface area (Å²) in [6.07, 6.45) is 15.3. The van der Waals surface area contributed by atoms with Crippen molar-refractivity contribution < 1.29 is 9.59 Å². The van der Waals surface area contributed by atoms with Crippen molar-refractivity contribution in [3.8, 4) is 11.8 Å². The number of hydrogen-bond donors (Lipinski definition) is 2. The monoisotopic (exact) mass is 581 g/mol. The van der Waals surface area contributed by atoms with Gasteiger partial charge in [-0.3, -0.25) is 14.6 Å². The molecule has 1 aromatic heterocycles. The molecule has 8 heteroatoms. The molecule has 0 spiro atoms. The van der Waals surface area contributed by atoms with E-state index in [-0.39, 0.29) is 35.9 Å². The van der Waals surface area contributed by atoms with E-state index in [2.05, 4.69) is 60.2 Å². The van der Waals surface area contributed by atoms with Crippen LogP contribution in [-0.2, 0) is 9.59 Å². The molecule has 0 bridgehead atoms. The zero-order valence-electron chi connectivity index (χ0n) is 26.0. The number of thiazole rings is 1. The van der Waals surface area contributed by atoms with Crippen molar-refractivity contribution in [1.82, 2.24) is 20.5 Å². The average molecular weight is 582 g/mol. The molecule has 5 atom stereocenters. The number of aliphatic imine (C=N–C) groups is 1. The smallest absolute Gasteiger partial charge is 0.245 e. The number of allylic oxidation sites excluding steroid dienone is 2. The van der Waals surface area contributed by atoms with Crippen molar-refractivity contribution in [2.24, 2.45) is 10.9 Å². The Kier molecular flexibility index (Phi) is 15.6. The molecule has 0 saturated carbocycles. The maximum absolute atomic E-state index is 13.9. The Morgan fingerprint density at radius 1 is 1.17 bits per heavy atom. The Morgan fingerprint density at radius 3 is 2.59 bits per heavy atom. The Hall–Kier alpha value is -2.76. The molecular weight excluding hydrogens is 530 g/mol. The number of dihydropyridines is 1. The van der Waals surface area contributed by atoms with Gasteiger partial charge >= 0.3 is 0 Å². The van der Waals surface area contributed by atoms with Crippen LogP contribution >= 0.6 is 11.3 Å². The molecule has 226 valence electrons. The summed E-state index contributed by atoms with van der Waals surface area (Å²) in [6, 6.07) is -0.973. The molecule has 1 aromatic rings. The minimum Gasteiger partial charge on any atom is -0.343 e. The first-order chi connectivity index (χ1) is 19.8. The van der Waals surface area contributed by atoms with Gasteiger partial charge in [-0.15, -0.1) is 11.3 Å². The van der Waals surface area contributed by atoms with Crippen molar-refractivity contribution in [3.05, 3.63) is 34.8 Å². The van der Waals surface area contributed by atoms with Gasteiger partial charge < -0.3 is 15.5 Å². The second kappa shape index (κ2) is 18.6. The summed E-state index contributed by atoms with van der Waals surface area (Å²) in [5, 5.41) is 9.02. The van der Waals surface area contributed by atoms with E-state index >= 15 is 0 Å². The van der Waals surface area contributed by atoms with Gasteiger partial charge in [0, 0.05) is 31.0 Å². The van der Waals surface area contributed by atoms with Crippen LogP contribution < -0.4 is 10.6 Å². The van der Waals surface area contributed by atoms with Gasteiger partial charge in [-0.2, -0.15) is 0 Å². The van der Waals surface area contributed by atoms with Gasteiger partial charge in [-0.05, 0) is 51.5 Å². The Bertz CT molecular complexity index is 1100. The number of nitrogens with zero attached hydrogens (tertiary/aromatic N) is 3. The normalized spacial score (nSPS) is 18.4. The molecule has 2 amide bonds. The lowest BCUT2D eigenvalue weighted by molar-refractivity contribution is -0.138. The topological polar surface area (TPSA) is 86.7 Å². The molecule has 1 aliphatic rings. The number of amides is 2. The summed E-state index contributed by atoms with van der Waals surface area (Å²) in [4.78, 5) is 38.2. The number of aromatic nitrogens is 1. The Balaban J connectivity index is 2.25. The fourth-order valence-electron chi connectivity index (χ4n) is 5.09. The highest BCUT2D eigenvalue weighted by Gasteiger charge is 2.32. The van der Waals surface area contributed by atoms with E-state index in [4.69, 9.17) is 4.98 Å². The molecular formula is C33H51N5O2S. The third kappa shape index (κ3) is 10.5. The molecule has 0 aromatic carbocycles. The van der Waals surface area contributed by atoms with Crippen molar-refractivity contribution in [2.45, 2.75) is 116 Å². The molecule has 2 N–H and O–H groups in total. The second-order valence-corrected chi connectivity index (χ2v) is 11.8. The van der Waals surface area contributed by atoms with E-state index in [0.29, 0.717) is 12.8 Å². The standard InChI is InChI=1S/C33H51N5O2S/c1-8-11-13-14-15-17-20-28(36-31(39)25(5)34-6)33(40)38(7)30(18-10-3)32-37-29(23-41-32)27-21-22-35-24(4)26(27)19-16-12-9-2/h9,21-26,28,30,34H,2,8,10-11,13-15,17-20H2,1,3-7H3,(H,36,39)/t24?,25-,26?,28?,30?/m0/s1. The first kappa shape index (κ1) is 34.4. The maximum atomic E-state index is 13.9. The molecule has 41 heavy (non-hydrogen) atoms. The lowest BCUT2D eigenvalue weighted by Gasteiger charge is -2.31. The first-order valence-corrected chi connectivity index (χ1v) is 16.2. The number of likely N-dealkylation sites (N-methyl/N-ethyl adjacent to an activating group) is 2. The summed E-state index contributed by atoms with van der Waals surface area (Å²) in [5.41, 5.74) is 2.06. The SMILES string of the molecule is C=CC#CCC1C(c2csc(C(CCC)N(C)C(=O)C(CCCCCCCC)NC(=O)[C@H](C)NC)n2)=CC=NC1C. The Labute approximate surface area is 252 Å². The third-order valence-corrected chi connectivity index (χ3v) is 8.80. The molecule has 0 radical (unpaired) electrons. The fourth-order valence-corrected chi connectivity index (χ4v) is 6.09. The van der Waals surface area contributed by atoms with Crippen LogP contribution in [0.1, 0.15) is 109 Å². The van der Waals surface area contributed by atoms with Crippen molar-refractivity contribution in [1.29, 1.82) is 0 Å². The van der Waals surface area contributed by atoms with Crippen LogP contribution in [0.25, 0.3) is 5.57 Å². The number of unbranched alkanes of at least 4 members (excludes halogenated alkanes) is 5. The van der Waals surface area contributed by atoms with Crippen LogP contribution in [0.5, 0.6) is 0 Å². The molecule has 7 nitrogen and oxygen atoms in total. The lowest BCUT2D eigenvalue weighted by atomic mass is 9.86. The molecule has 2 rings (SSSR count). The maximum Gasteiger partial charge on any atom is 0.245 e. The quantitative estimate of drug-likeness (QED) is 0.166. The zero-order chi connectivity index (χ0) is 30.2. The molecule has 0 fully saturated rings. The van der Waals surface area contributed by atoms with Gasteiger partial charge in [0.15, 0.2) is 0 Å². The van der Waals surface area contributed by atoms with Gasteiger partial charge in [0.2, 0.25) is 11.8 Å². The highest BCUT2D eigenvalue weighted by Crippen LogP contribution is 2.35. The highest BCUT2D eigenvalue weighted by atomic mass is 32.1. The van der Waals surface area contributed by atoms with Crippen LogP contribution in [-0.4, -0.2) is 60.1 Å². The zero-order valence-corrected chi connectivity index (χ0v) is 26.9. The highest BCUT2D eigenvalue weighted by molar-refractivity contribution is 7.09. The Morgan fingerprint density at radius 2 is 1.90 bits per heavy atom. The molecule has 0 aliphatic carbocycles. The summed E-state index contributed by atoms with van der Waals surface area (Å²) < 4.78 is 0. The van der Waals surface area contributed by atoms with Crippen molar-refractivity contribution in [3.63, 3.8) is 0 Å². The number of nitrogens with one attached hydrogen (secondary N) is 2. The number of rotatable bonds is 17. The van der Waals surface area contributed by atoms with Gasteiger partial charge in [-0.25, -0.2) is 4.98 Å². The minimum absolute atomic E-state index is 0.0550. The van der Waals surface area contributed by atoms with Crippen molar-refractivity contribution in [2.75, 3.05) is 14.1 Å². The van der Waals surface area contributed by atoms with Crippen LogP contribution in [0.15, 0.2) is 29.1 Å². The van der Waals surface area contributed by atoms with E-state index in [9.17, 15) is 9.59 Å². The average Bonchev–Trinajstić information content (AvgIpc) is 3.46. The molecule has 4 unspecified atom stereocenters. The van der Waals surface area contributed by atoms with E-state index in [0.717, 1.165) is 48.4 Å². The fraction of sp³-hybridized carbons (Fsp3) is 0.636. The van der Waals surface area contributed by atoms with E-state index in [1.54, 1.807) is 24.5 Å². The van der Waals surface area contributed by atoms with E-state index < -0.39 is 6.04 Å².